The maximum absolute atomic E-state index is 11.7. The van der Waals surface area contributed by atoms with Crippen LogP contribution in [-0.4, -0.2) is 12.7 Å². The van der Waals surface area contributed by atoms with Gasteiger partial charge in [-0.25, -0.2) is 4.79 Å². The molecule has 1 amide bonds. The van der Waals surface area contributed by atoms with Crippen LogP contribution >= 0.6 is 0 Å². The zero-order valence-electron chi connectivity index (χ0n) is 11.4. The lowest BCUT2D eigenvalue weighted by Gasteiger charge is -2.08. The fourth-order valence-electron chi connectivity index (χ4n) is 1.67. The molecule has 2 aromatic carbocycles. The van der Waals surface area contributed by atoms with E-state index in [-0.39, 0.29) is 13.2 Å². The van der Waals surface area contributed by atoms with Crippen molar-refractivity contribution in [2.45, 2.75) is 6.61 Å². The average molecular weight is 281 g/mol. The predicted octanol–water partition coefficient (Wildman–Crippen LogP) is 3.45. The van der Waals surface area contributed by atoms with Gasteiger partial charge in [0.05, 0.1) is 0 Å². The molecule has 1 N–H and O–H groups in total. The Morgan fingerprint density at radius 2 is 1.95 bits per heavy atom. The molecule has 4 nitrogen and oxygen atoms in total. The van der Waals surface area contributed by atoms with Crippen molar-refractivity contribution in [2.24, 2.45) is 0 Å². The van der Waals surface area contributed by atoms with Crippen molar-refractivity contribution in [3.05, 3.63) is 60.2 Å². The van der Waals surface area contributed by atoms with Gasteiger partial charge >= 0.3 is 6.09 Å². The number of terminal acetylenes is 1. The summed E-state index contributed by atoms with van der Waals surface area (Å²) in [5.74, 6) is 2.97. The van der Waals surface area contributed by atoms with Crippen LogP contribution in [0.3, 0.4) is 0 Å². The molecule has 2 rings (SSSR count). The molecule has 0 aliphatic carbocycles. The number of ether oxygens (including phenoxy) is 2. The van der Waals surface area contributed by atoms with E-state index in [1.807, 2.05) is 30.3 Å². The van der Waals surface area contributed by atoms with E-state index >= 15 is 0 Å². The number of benzene rings is 2. The highest BCUT2D eigenvalue weighted by Crippen LogP contribution is 2.17. The van der Waals surface area contributed by atoms with E-state index in [0.29, 0.717) is 11.4 Å². The minimum absolute atomic E-state index is 0.182. The molecule has 4 heteroatoms. The van der Waals surface area contributed by atoms with Crippen LogP contribution in [0.5, 0.6) is 5.75 Å². The summed E-state index contributed by atoms with van der Waals surface area (Å²) in [7, 11) is 0. The second-order valence-corrected chi connectivity index (χ2v) is 4.21. The van der Waals surface area contributed by atoms with Gasteiger partial charge in [-0.15, -0.1) is 6.42 Å². The number of carbonyl (C=O) groups excluding carboxylic acids is 1. The lowest BCUT2D eigenvalue weighted by Crippen LogP contribution is -2.13. The zero-order chi connectivity index (χ0) is 14.9. The third-order valence-electron chi connectivity index (χ3n) is 2.62. The number of nitrogens with one attached hydrogen (secondary N) is 1. The summed E-state index contributed by atoms with van der Waals surface area (Å²) in [6, 6.07) is 16.4. The van der Waals surface area contributed by atoms with Gasteiger partial charge in [0.1, 0.15) is 19.0 Å². The van der Waals surface area contributed by atoms with Crippen molar-refractivity contribution in [3.8, 4) is 18.1 Å². The number of rotatable bonds is 5. The van der Waals surface area contributed by atoms with Gasteiger partial charge in [-0.1, -0.05) is 42.3 Å². The highest BCUT2D eigenvalue weighted by molar-refractivity contribution is 5.84. The first-order chi connectivity index (χ1) is 10.3. The van der Waals surface area contributed by atoms with E-state index in [0.717, 1.165) is 5.56 Å². The number of carbonyl (C=O) groups is 1. The van der Waals surface area contributed by atoms with E-state index in [1.165, 1.54) is 0 Å². The Hall–Kier alpha value is -2.93. The summed E-state index contributed by atoms with van der Waals surface area (Å²) in [4.78, 5) is 11.7. The van der Waals surface area contributed by atoms with E-state index < -0.39 is 6.09 Å². The highest BCUT2D eigenvalue weighted by atomic mass is 16.5. The fraction of sp³-hybridized carbons (Fsp3) is 0.118. The summed E-state index contributed by atoms with van der Waals surface area (Å²) in [6.07, 6.45) is 4.60. The Labute approximate surface area is 123 Å². The number of hydrogen-bond donors (Lipinski definition) is 1. The summed E-state index contributed by atoms with van der Waals surface area (Å²) in [5.41, 5.74) is 1.52. The third kappa shape index (κ3) is 4.92. The predicted molar refractivity (Wildman–Crippen MR) is 81.0 cm³/mol. The molecule has 106 valence electrons. The molecule has 0 aliphatic heterocycles. The number of anilines is 1. The second-order valence-electron chi connectivity index (χ2n) is 4.21. The van der Waals surface area contributed by atoms with Crippen molar-refractivity contribution in [1.82, 2.24) is 0 Å². The molecule has 0 fully saturated rings. The lowest BCUT2D eigenvalue weighted by molar-refractivity contribution is 0.155. The smallest absolute Gasteiger partial charge is 0.411 e. The Morgan fingerprint density at radius 1 is 1.14 bits per heavy atom. The van der Waals surface area contributed by atoms with Crippen molar-refractivity contribution in [3.63, 3.8) is 0 Å². The second kappa shape index (κ2) is 7.61. The largest absolute Gasteiger partial charge is 0.481 e. The van der Waals surface area contributed by atoms with Crippen LogP contribution in [0.15, 0.2) is 54.6 Å². The molecule has 0 spiro atoms. The van der Waals surface area contributed by atoms with E-state index in [9.17, 15) is 4.79 Å². The van der Waals surface area contributed by atoms with Crippen LogP contribution in [-0.2, 0) is 11.3 Å². The molecule has 21 heavy (non-hydrogen) atoms. The molecule has 0 saturated heterocycles. The van der Waals surface area contributed by atoms with Gasteiger partial charge in [0.2, 0.25) is 0 Å². The maximum atomic E-state index is 11.7. The molecular formula is C17H15NO3. The normalized spacial score (nSPS) is 9.48. The Kier molecular flexibility index (Phi) is 5.25. The van der Waals surface area contributed by atoms with Crippen molar-refractivity contribution < 1.29 is 14.3 Å². The molecule has 0 saturated carbocycles. The number of hydrogen-bond acceptors (Lipinski definition) is 3. The quantitative estimate of drug-likeness (QED) is 0.854. The van der Waals surface area contributed by atoms with Gasteiger partial charge in [0, 0.05) is 11.8 Å². The van der Waals surface area contributed by atoms with E-state index in [4.69, 9.17) is 15.9 Å². The molecule has 0 unspecified atom stereocenters. The maximum Gasteiger partial charge on any atom is 0.411 e. The topological polar surface area (TPSA) is 47.6 Å². The molecular weight excluding hydrogens is 266 g/mol. The molecule has 0 aliphatic rings. The van der Waals surface area contributed by atoms with Crippen molar-refractivity contribution in [2.75, 3.05) is 11.9 Å². The lowest BCUT2D eigenvalue weighted by atomic mass is 10.2. The molecule has 0 atom stereocenters. The van der Waals surface area contributed by atoms with Gasteiger partial charge in [0.15, 0.2) is 0 Å². The fourth-order valence-corrected chi connectivity index (χ4v) is 1.67. The first-order valence-electron chi connectivity index (χ1n) is 6.42. The van der Waals surface area contributed by atoms with E-state index in [1.54, 1.807) is 24.3 Å². The molecule has 0 heterocycles. The summed E-state index contributed by atoms with van der Waals surface area (Å²) in [6.45, 7) is 0.405. The molecule has 2 aromatic rings. The van der Waals surface area contributed by atoms with E-state index in [2.05, 4.69) is 11.2 Å². The molecule has 0 bridgehead atoms. The Bertz CT molecular complexity index is 632. The molecule has 0 radical (unpaired) electrons. The van der Waals surface area contributed by atoms with Crippen LogP contribution in [0.4, 0.5) is 10.5 Å². The van der Waals surface area contributed by atoms with Crippen LogP contribution in [0.1, 0.15) is 5.56 Å². The standard InChI is InChI=1S/C17H15NO3/c1-2-11-20-16-10-6-9-15(12-16)18-17(19)21-13-14-7-4-3-5-8-14/h1,3-10,12H,11,13H2,(H,18,19). The first kappa shape index (κ1) is 14.5. The minimum Gasteiger partial charge on any atom is -0.481 e. The summed E-state index contributed by atoms with van der Waals surface area (Å²) in [5, 5.41) is 2.64. The SMILES string of the molecule is C#CCOc1cccc(NC(=O)OCc2ccccc2)c1. The third-order valence-corrected chi connectivity index (χ3v) is 2.62. The van der Waals surface area contributed by atoms with Crippen LogP contribution in [0, 0.1) is 12.3 Å². The highest BCUT2D eigenvalue weighted by Gasteiger charge is 2.04. The summed E-state index contributed by atoms with van der Waals surface area (Å²) < 4.78 is 10.4. The molecule has 0 aromatic heterocycles. The number of amides is 1. The summed E-state index contributed by atoms with van der Waals surface area (Å²) >= 11 is 0. The van der Waals surface area contributed by atoms with Gasteiger partial charge in [-0.05, 0) is 17.7 Å². The monoisotopic (exact) mass is 281 g/mol. The van der Waals surface area contributed by atoms with Gasteiger partial charge in [-0.2, -0.15) is 0 Å². The van der Waals surface area contributed by atoms with Crippen LogP contribution in [0.25, 0.3) is 0 Å². The van der Waals surface area contributed by atoms with Crippen LogP contribution in [0.2, 0.25) is 0 Å². The zero-order valence-corrected chi connectivity index (χ0v) is 11.4. The Morgan fingerprint density at radius 3 is 2.71 bits per heavy atom. The Balaban J connectivity index is 1.86. The van der Waals surface area contributed by atoms with Crippen LogP contribution < -0.4 is 10.1 Å². The van der Waals surface area contributed by atoms with Gasteiger partial charge < -0.3 is 9.47 Å². The average Bonchev–Trinajstić information content (AvgIpc) is 2.52. The van der Waals surface area contributed by atoms with Gasteiger partial charge in [0.25, 0.3) is 0 Å². The van der Waals surface area contributed by atoms with Gasteiger partial charge in [-0.3, -0.25) is 5.32 Å². The van der Waals surface area contributed by atoms with Crippen molar-refractivity contribution in [1.29, 1.82) is 0 Å². The van der Waals surface area contributed by atoms with Crippen molar-refractivity contribution >= 4 is 11.8 Å². The first-order valence-corrected chi connectivity index (χ1v) is 6.42. The minimum atomic E-state index is -0.520.